The summed E-state index contributed by atoms with van der Waals surface area (Å²) in [5, 5.41) is 6.44. The third kappa shape index (κ3) is 5.22. The van der Waals surface area contributed by atoms with Crippen LogP contribution in [-0.4, -0.2) is 17.6 Å². The van der Waals surface area contributed by atoms with Crippen LogP contribution in [0.5, 0.6) is 5.75 Å². The molecule has 0 radical (unpaired) electrons. The molecule has 0 aliphatic heterocycles. The lowest BCUT2D eigenvalue weighted by Crippen LogP contribution is -2.37. The second kappa shape index (κ2) is 8.13. The topological polar surface area (TPSA) is 50.4 Å². The van der Waals surface area contributed by atoms with Crippen LogP contribution in [0, 0.1) is 20.8 Å². The van der Waals surface area contributed by atoms with Crippen molar-refractivity contribution in [3.05, 3.63) is 58.1 Å². The average Bonchev–Trinajstić information content (AvgIpc) is 2.50. The summed E-state index contributed by atoms with van der Waals surface area (Å²) < 4.78 is 5.48. The lowest BCUT2D eigenvalue weighted by atomic mass is 10.1. The molecule has 0 aliphatic carbocycles. The largest absolute Gasteiger partial charge is 0.483 e. The molecule has 24 heavy (non-hydrogen) atoms. The van der Waals surface area contributed by atoms with E-state index in [1.807, 2.05) is 39.0 Å². The van der Waals surface area contributed by atoms with E-state index in [2.05, 4.69) is 10.6 Å². The molecule has 0 bridgehead atoms. The van der Waals surface area contributed by atoms with Gasteiger partial charge in [0.1, 0.15) is 5.75 Å². The van der Waals surface area contributed by atoms with Crippen LogP contribution in [0.1, 0.15) is 16.7 Å². The molecule has 1 amide bonds. The van der Waals surface area contributed by atoms with Crippen LogP contribution < -0.4 is 15.4 Å². The van der Waals surface area contributed by atoms with Gasteiger partial charge in [-0.15, -0.1) is 0 Å². The van der Waals surface area contributed by atoms with Gasteiger partial charge in [-0.25, -0.2) is 0 Å². The maximum atomic E-state index is 11.9. The van der Waals surface area contributed by atoms with Crippen molar-refractivity contribution >= 4 is 40.5 Å². The minimum Gasteiger partial charge on any atom is -0.483 e. The van der Waals surface area contributed by atoms with Gasteiger partial charge in [-0.1, -0.05) is 17.7 Å². The summed E-state index contributed by atoms with van der Waals surface area (Å²) in [7, 11) is 0. The van der Waals surface area contributed by atoms with Crippen LogP contribution in [0.15, 0.2) is 36.4 Å². The normalized spacial score (nSPS) is 10.2. The number of rotatable bonds is 4. The van der Waals surface area contributed by atoms with Crippen LogP contribution >= 0.6 is 23.8 Å². The van der Waals surface area contributed by atoms with E-state index in [1.54, 1.807) is 18.2 Å². The molecule has 0 fully saturated rings. The highest BCUT2D eigenvalue weighted by Crippen LogP contribution is 2.21. The summed E-state index contributed by atoms with van der Waals surface area (Å²) in [6.07, 6.45) is 0. The van der Waals surface area contributed by atoms with E-state index in [1.165, 1.54) is 5.56 Å². The van der Waals surface area contributed by atoms with Crippen molar-refractivity contribution in [1.29, 1.82) is 0 Å². The van der Waals surface area contributed by atoms with Gasteiger partial charge in [-0.3, -0.25) is 10.1 Å². The molecule has 126 valence electrons. The Labute approximate surface area is 152 Å². The van der Waals surface area contributed by atoms with Crippen molar-refractivity contribution in [1.82, 2.24) is 5.32 Å². The Balaban J connectivity index is 1.85. The Morgan fingerprint density at radius 1 is 1.08 bits per heavy atom. The van der Waals surface area contributed by atoms with Crippen LogP contribution in [0.3, 0.4) is 0 Å². The zero-order valence-corrected chi connectivity index (χ0v) is 15.3. The molecule has 6 heteroatoms. The number of halogens is 1. The molecule has 2 rings (SSSR count). The Bertz CT molecular complexity index is 778. The monoisotopic (exact) mass is 362 g/mol. The predicted octanol–water partition coefficient (Wildman–Crippen LogP) is 4.16. The Morgan fingerprint density at radius 3 is 2.50 bits per heavy atom. The van der Waals surface area contributed by atoms with Crippen LogP contribution in [0.4, 0.5) is 5.69 Å². The zero-order valence-electron chi connectivity index (χ0n) is 13.8. The standard InChI is InChI=1S/C18H19ClN2O2S/c1-11-4-6-15(9-12(11)2)20-18(24)21-17(22)10-23-16-7-5-14(19)8-13(16)3/h4-9H,10H2,1-3H3,(H2,20,21,22,24). The van der Waals surface area contributed by atoms with Crippen LogP contribution in [0.25, 0.3) is 0 Å². The highest BCUT2D eigenvalue weighted by Gasteiger charge is 2.08. The molecule has 2 aromatic rings. The summed E-state index contributed by atoms with van der Waals surface area (Å²) in [4.78, 5) is 11.9. The molecule has 0 unspecified atom stereocenters. The van der Waals surface area contributed by atoms with Gasteiger partial charge in [0.2, 0.25) is 0 Å². The first-order chi connectivity index (χ1) is 11.3. The number of ether oxygens (including phenoxy) is 1. The molecule has 0 atom stereocenters. The van der Waals surface area contributed by atoms with E-state index in [4.69, 9.17) is 28.6 Å². The molecule has 0 saturated heterocycles. The lowest BCUT2D eigenvalue weighted by molar-refractivity contribution is -0.121. The number of hydrogen-bond donors (Lipinski definition) is 2. The maximum absolute atomic E-state index is 11.9. The number of thiocarbonyl (C=S) groups is 1. The summed E-state index contributed by atoms with van der Waals surface area (Å²) in [6, 6.07) is 11.1. The fraction of sp³-hybridized carbons (Fsp3) is 0.222. The van der Waals surface area contributed by atoms with E-state index in [9.17, 15) is 4.79 Å². The van der Waals surface area contributed by atoms with E-state index in [0.29, 0.717) is 10.8 Å². The molecule has 0 saturated carbocycles. The zero-order chi connectivity index (χ0) is 17.7. The van der Waals surface area contributed by atoms with Crippen molar-refractivity contribution in [3.8, 4) is 5.75 Å². The number of nitrogens with one attached hydrogen (secondary N) is 2. The fourth-order valence-electron chi connectivity index (χ4n) is 2.06. The van der Waals surface area contributed by atoms with E-state index in [0.717, 1.165) is 16.8 Å². The quantitative estimate of drug-likeness (QED) is 0.802. The van der Waals surface area contributed by atoms with E-state index < -0.39 is 0 Å². The maximum Gasteiger partial charge on any atom is 0.264 e. The van der Waals surface area contributed by atoms with Crippen molar-refractivity contribution in [2.24, 2.45) is 0 Å². The summed E-state index contributed by atoms with van der Waals surface area (Å²) in [5.74, 6) is 0.285. The van der Waals surface area contributed by atoms with Gasteiger partial charge in [-0.05, 0) is 80.0 Å². The van der Waals surface area contributed by atoms with Gasteiger partial charge in [0.25, 0.3) is 5.91 Å². The van der Waals surface area contributed by atoms with Gasteiger partial charge in [0, 0.05) is 10.7 Å². The fourth-order valence-corrected chi connectivity index (χ4v) is 2.52. The average molecular weight is 363 g/mol. The number of anilines is 1. The highest BCUT2D eigenvalue weighted by atomic mass is 35.5. The first kappa shape index (κ1) is 18.2. The molecule has 2 aromatic carbocycles. The number of carbonyl (C=O) groups excluding carboxylic acids is 1. The number of hydrogen-bond acceptors (Lipinski definition) is 3. The molecule has 0 aliphatic rings. The molecule has 2 N–H and O–H groups in total. The van der Waals surface area contributed by atoms with Gasteiger partial charge < -0.3 is 10.1 Å². The van der Waals surface area contributed by atoms with Gasteiger partial charge >= 0.3 is 0 Å². The van der Waals surface area contributed by atoms with Gasteiger partial charge in [0.05, 0.1) is 0 Å². The molecule has 0 heterocycles. The summed E-state index contributed by atoms with van der Waals surface area (Å²) >= 11 is 11.0. The van der Waals surface area contributed by atoms with Gasteiger partial charge in [0.15, 0.2) is 11.7 Å². The lowest BCUT2D eigenvalue weighted by Gasteiger charge is -2.12. The Kier molecular flexibility index (Phi) is 6.17. The highest BCUT2D eigenvalue weighted by molar-refractivity contribution is 7.80. The second-order valence-electron chi connectivity index (χ2n) is 5.50. The third-order valence-electron chi connectivity index (χ3n) is 3.51. The third-order valence-corrected chi connectivity index (χ3v) is 3.95. The van der Waals surface area contributed by atoms with Crippen molar-refractivity contribution < 1.29 is 9.53 Å². The molecule has 0 spiro atoms. The molecule has 4 nitrogen and oxygen atoms in total. The second-order valence-corrected chi connectivity index (χ2v) is 6.34. The van der Waals surface area contributed by atoms with Crippen molar-refractivity contribution in [3.63, 3.8) is 0 Å². The summed E-state index contributed by atoms with van der Waals surface area (Å²) in [6.45, 7) is 5.79. The number of benzene rings is 2. The van der Waals surface area contributed by atoms with Crippen molar-refractivity contribution in [2.75, 3.05) is 11.9 Å². The number of carbonyl (C=O) groups is 1. The van der Waals surface area contributed by atoms with Crippen LogP contribution in [-0.2, 0) is 4.79 Å². The first-order valence-electron chi connectivity index (χ1n) is 7.42. The van der Waals surface area contributed by atoms with E-state index >= 15 is 0 Å². The smallest absolute Gasteiger partial charge is 0.264 e. The Hall–Kier alpha value is -2.11. The minimum atomic E-state index is -0.328. The number of amides is 1. The first-order valence-corrected chi connectivity index (χ1v) is 8.21. The Morgan fingerprint density at radius 2 is 1.83 bits per heavy atom. The van der Waals surface area contributed by atoms with E-state index in [-0.39, 0.29) is 17.6 Å². The molecular weight excluding hydrogens is 344 g/mol. The molecular formula is C18H19ClN2O2S. The molecule has 0 aromatic heterocycles. The summed E-state index contributed by atoms with van der Waals surface area (Å²) in [5.41, 5.74) is 4.04. The van der Waals surface area contributed by atoms with Gasteiger partial charge in [-0.2, -0.15) is 0 Å². The van der Waals surface area contributed by atoms with Crippen molar-refractivity contribution in [2.45, 2.75) is 20.8 Å². The minimum absolute atomic E-state index is 0.128. The number of aryl methyl sites for hydroxylation is 3. The van der Waals surface area contributed by atoms with Crippen LogP contribution in [0.2, 0.25) is 5.02 Å². The predicted molar refractivity (Wildman–Crippen MR) is 102 cm³/mol. The SMILES string of the molecule is Cc1ccc(NC(=S)NC(=O)COc2ccc(Cl)cc2C)cc1C.